The molecule has 2 aliphatic heterocycles. The topological polar surface area (TPSA) is 93.2 Å². The molecule has 3 aliphatic carbocycles. The van der Waals surface area contributed by atoms with E-state index in [-0.39, 0.29) is 48.3 Å². The summed E-state index contributed by atoms with van der Waals surface area (Å²) in [7, 11) is 1.54. The molecule has 3 amide bonds. The van der Waals surface area contributed by atoms with Gasteiger partial charge in [0.15, 0.2) is 0 Å². The normalized spacial score (nSPS) is 24.7. The first-order chi connectivity index (χ1) is 21.5. The van der Waals surface area contributed by atoms with Crippen LogP contribution in [-0.4, -0.2) is 37.3 Å². The first kappa shape index (κ1) is 26.4. The molecule has 2 fully saturated rings. The second kappa shape index (κ2) is 9.91. The number of hydrogen-bond acceptors (Lipinski definition) is 6. The lowest BCUT2D eigenvalue weighted by Crippen LogP contribution is -2.41. The van der Waals surface area contributed by atoms with Gasteiger partial charge in [-0.1, -0.05) is 60.7 Å². The van der Waals surface area contributed by atoms with Crippen molar-refractivity contribution in [1.29, 1.82) is 0 Å². The van der Waals surface area contributed by atoms with E-state index >= 15 is 0 Å². The van der Waals surface area contributed by atoms with Crippen molar-refractivity contribution in [3.05, 3.63) is 119 Å². The quantitative estimate of drug-likeness (QED) is 0.185. The predicted molar refractivity (Wildman–Crippen MR) is 162 cm³/mol. The zero-order chi connectivity index (χ0) is 30.1. The van der Waals surface area contributed by atoms with Gasteiger partial charge in [0.25, 0.3) is 0 Å². The summed E-state index contributed by atoms with van der Waals surface area (Å²) in [5, 5.41) is 0. The summed E-state index contributed by atoms with van der Waals surface area (Å²) >= 11 is 0. The van der Waals surface area contributed by atoms with Crippen LogP contribution in [-0.2, 0) is 19.2 Å². The fourth-order valence-electron chi connectivity index (χ4n) is 7.75. The van der Waals surface area contributed by atoms with Crippen molar-refractivity contribution in [1.82, 2.24) is 0 Å². The molecule has 0 N–H and O–H groups in total. The number of nitrogens with zero attached hydrogens (tertiary/aromatic N) is 2. The average molecular weight is 585 g/mol. The van der Waals surface area contributed by atoms with Gasteiger partial charge in [0.05, 0.1) is 36.2 Å². The van der Waals surface area contributed by atoms with E-state index < -0.39 is 23.7 Å². The molecule has 0 spiro atoms. The summed E-state index contributed by atoms with van der Waals surface area (Å²) in [6.45, 7) is 0.183. The Kier molecular flexibility index (Phi) is 5.94. The molecular weight excluding hydrogens is 556 g/mol. The Hall–Kier alpha value is -5.24. The predicted octanol–water partition coefficient (Wildman–Crippen LogP) is 5.05. The van der Waals surface area contributed by atoms with E-state index in [2.05, 4.69) is 24.3 Å². The highest BCUT2D eigenvalue weighted by Gasteiger charge is 2.61. The minimum atomic E-state index is -0.643. The minimum Gasteiger partial charge on any atom is -0.495 e. The highest BCUT2D eigenvalue weighted by molar-refractivity contribution is 6.23. The van der Waals surface area contributed by atoms with Crippen molar-refractivity contribution >= 4 is 35.1 Å². The molecule has 44 heavy (non-hydrogen) atoms. The highest BCUT2D eigenvalue weighted by Crippen LogP contribution is 2.61. The number of methoxy groups -OCH3 is 1. The van der Waals surface area contributed by atoms with Crippen LogP contribution >= 0.6 is 0 Å². The second-order valence-corrected chi connectivity index (χ2v) is 11.8. The minimum absolute atomic E-state index is 0.0294. The number of imide groups is 1. The van der Waals surface area contributed by atoms with Gasteiger partial charge in [-0.25, -0.2) is 4.90 Å². The first-order valence-electron chi connectivity index (χ1n) is 14.8. The van der Waals surface area contributed by atoms with Crippen molar-refractivity contribution in [2.45, 2.75) is 18.3 Å². The van der Waals surface area contributed by atoms with E-state index in [1.54, 1.807) is 41.3 Å². The third kappa shape index (κ3) is 3.76. The van der Waals surface area contributed by atoms with Gasteiger partial charge in [-0.05, 0) is 58.7 Å². The Labute approximate surface area is 253 Å². The van der Waals surface area contributed by atoms with Crippen molar-refractivity contribution < 1.29 is 28.7 Å². The molecule has 3 atom stereocenters. The van der Waals surface area contributed by atoms with Crippen LogP contribution in [0.15, 0.2) is 97.1 Å². The number of amides is 3. The number of ether oxygens (including phenoxy) is 2. The lowest BCUT2D eigenvalue weighted by atomic mass is 9.55. The van der Waals surface area contributed by atoms with Crippen LogP contribution in [0.1, 0.15) is 40.5 Å². The lowest BCUT2D eigenvalue weighted by molar-refractivity contribution is -0.139. The van der Waals surface area contributed by atoms with E-state index in [0.717, 1.165) is 22.3 Å². The van der Waals surface area contributed by atoms with Crippen LogP contribution in [0, 0.1) is 17.8 Å². The summed E-state index contributed by atoms with van der Waals surface area (Å²) in [5.41, 5.74) is 5.55. The molecule has 0 saturated carbocycles. The molecule has 8 nitrogen and oxygen atoms in total. The summed E-state index contributed by atoms with van der Waals surface area (Å²) in [6, 6.07) is 29.9. The van der Waals surface area contributed by atoms with Gasteiger partial charge in [-0.15, -0.1) is 0 Å². The third-order valence-electron chi connectivity index (χ3n) is 9.60. The molecule has 4 aromatic rings. The fraction of sp³-hybridized carbons (Fsp3) is 0.222. The van der Waals surface area contributed by atoms with E-state index in [1.165, 1.54) is 12.0 Å². The standard InChI is InChI=1S/C36H28N2O6/c1-43-28-13-7-6-12-27(28)37-19-20(18-29(37)39)36(42)44-22-16-14-21(15-17-22)38-34(40)32-30-23-8-2-3-9-24(23)31(33(32)35(38)41)26-11-5-4-10-25(26)30/h2-17,20,30-33H,18-19H2,1H3/t20-,30?,31?,32+,33+/m1/s1. The van der Waals surface area contributed by atoms with Crippen molar-refractivity contribution in [3.63, 3.8) is 0 Å². The van der Waals surface area contributed by atoms with E-state index in [9.17, 15) is 19.2 Å². The highest BCUT2D eigenvalue weighted by atomic mass is 16.5. The van der Waals surface area contributed by atoms with Gasteiger partial charge in [0.2, 0.25) is 17.7 Å². The largest absolute Gasteiger partial charge is 0.495 e. The third-order valence-corrected chi connectivity index (χ3v) is 9.60. The molecule has 0 unspecified atom stereocenters. The Morgan fingerprint density at radius 2 is 1.23 bits per heavy atom. The summed E-state index contributed by atoms with van der Waals surface area (Å²) in [6.07, 6.45) is 0.0294. The van der Waals surface area contributed by atoms with Crippen LogP contribution in [0.4, 0.5) is 11.4 Å². The van der Waals surface area contributed by atoms with Gasteiger partial charge in [-0.2, -0.15) is 0 Å². The molecule has 4 aromatic carbocycles. The van der Waals surface area contributed by atoms with E-state index in [1.807, 2.05) is 36.4 Å². The number of anilines is 2. The molecule has 8 heteroatoms. The number of hydrogen-bond donors (Lipinski definition) is 0. The maximum atomic E-state index is 14.0. The number of carbonyl (C=O) groups excluding carboxylic acids is 4. The van der Waals surface area contributed by atoms with Crippen LogP contribution in [0.25, 0.3) is 0 Å². The summed E-state index contributed by atoms with van der Waals surface area (Å²) in [5.74, 6) is -2.22. The van der Waals surface area contributed by atoms with Crippen LogP contribution < -0.4 is 19.3 Å². The molecule has 2 saturated heterocycles. The Bertz CT molecular complexity index is 1750. The van der Waals surface area contributed by atoms with Gasteiger partial charge < -0.3 is 14.4 Å². The molecule has 2 heterocycles. The molecular formula is C36H28N2O6. The van der Waals surface area contributed by atoms with Crippen molar-refractivity contribution in [2.75, 3.05) is 23.5 Å². The van der Waals surface area contributed by atoms with Crippen molar-refractivity contribution in [3.8, 4) is 11.5 Å². The van der Waals surface area contributed by atoms with Gasteiger partial charge >= 0.3 is 5.97 Å². The monoisotopic (exact) mass is 584 g/mol. The van der Waals surface area contributed by atoms with Crippen LogP contribution in [0.3, 0.4) is 0 Å². The number of rotatable bonds is 5. The van der Waals surface area contributed by atoms with Crippen LogP contribution in [0.5, 0.6) is 11.5 Å². The number of benzene rings is 4. The van der Waals surface area contributed by atoms with E-state index in [4.69, 9.17) is 9.47 Å². The summed E-state index contributed by atoms with van der Waals surface area (Å²) < 4.78 is 11.0. The zero-order valence-electron chi connectivity index (χ0n) is 23.9. The molecule has 5 aliphatic rings. The van der Waals surface area contributed by atoms with Crippen molar-refractivity contribution in [2.24, 2.45) is 17.8 Å². The fourth-order valence-corrected chi connectivity index (χ4v) is 7.75. The van der Waals surface area contributed by atoms with E-state index in [0.29, 0.717) is 17.1 Å². The van der Waals surface area contributed by atoms with Gasteiger partial charge in [-0.3, -0.25) is 19.2 Å². The Morgan fingerprint density at radius 1 is 0.705 bits per heavy atom. The molecule has 0 aromatic heterocycles. The molecule has 218 valence electrons. The lowest BCUT2D eigenvalue weighted by Gasteiger charge is -2.45. The zero-order valence-corrected chi connectivity index (χ0v) is 23.9. The second-order valence-electron chi connectivity index (χ2n) is 11.8. The van der Waals surface area contributed by atoms with Crippen LogP contribution in [0.2, 0.25) is 0 Å². The number of esters is 1. The maximum Gasteiger partial charge on any atom is 0.316 e. The van der Waals surface area contributed by atoms with Gasteiger partial charge in [0.1, 0.15) is 11.5 Å². The molecule has 0 radical (unpaired) electrons. The summed E-state index contributed by atoms with van der Waals surface area (Å²) in [4.78, 5) is 56.6. The van der Waals surface area contributed by atoms with Gasteiger partial charge in [0, 0.05) is 24.8 Å². The Balaban J connectivity index is 1.02. The SMILES string of the molecule is COc1ccccc1N1C[C@H](C(=O)Oc2ccc(N3C(=O)[C@H]4C5c6ccccc6C(c6ccccc65)[C@@H]4C3=O)cc2)CC1=O. The Morgan fingerprint density at radius 3 is 1.77 bits per heavy atom. The first-order valence-corrected chi connectivity index (χ1v) is 14.8. The number of carbonyl (C=O) groups is 4. The average Bonchev–Trinajstić information content (AvgIpc) is 3.58. The maximum absolute atomic E-state index is 14.0. The smallest absolute Gasteiger partial charge is 0.316 e. The molecule has 9 rings (SSSR count). The molecule has 2 bridgehead atoms. The number of para-hydroxylation sites is 2.